The van der Waals surface area contributed by atoms with E-state index in [4.69, 9.17) is 0 Å². The number of para-hydroxylation sites is 2. The molecule has 0 bridgehead atoms. The van der Waals surface area contributed by atoms with Crippen molar-refractivity contribution in [2.45, 2.75) is 37.9 Å². The lowest BCUT2D eigenvalue weighted by Gasteiger charge is -2.19. The molecule has 0 saturated heterocycles. The van der Waals surface area contributed by atoms with Crippen molar-refractivity contribution >= 4 is 39.4 Å². The van der Waals surface area contributed by atoms with E-state index in [1.165, 1.54) is 21.9 Å². The maximum absolute atomic E-state index is 13.1. The highest BCUT2D eigenvalue weighted by molar-refractivity contribution is 7.99. The first kappa shape index (κ1) is 21.3. The zero-order chi connectivity index (χ0) is 22.0. The lowest BCUT2D eigenvalue weighted by Crippen LogP contribution is -2.29. The summed E-state index contributed by atoms with van der Waals surface area (Å²) in [7, 11) is 0. The molecule has 0 unspecified atom stereocenters. The lowest BCUT2D eigenvalue weighted by atomic mass is 10.1. The SMILES string of the molecule is CCc1cccc2c(C(=O)CSc3nc4ccccc4c(=O)n3[C@@H](CC)CO)c[nH]c12. The standard InChI is InChI=1S/C24H25N3O3S/c1-3-15-8-7-10-17-19(12-25-22(15)17)21(29)14-31-24-26-20-11-6-5-9-18(20)23(30)27(24)16(4-2)13-28/h5-12,16,25,28H,3-4,13-14H2,1-2H3/t16-/m0/s1. The van der Waals surface area contributed by atoms with Gasteiger partial charge in [-0.05, 0) is 30.5 Å². The number of carbonyl (C=O) groups excluding carboxylic acids is 1. The first-order chi connectivity index (χ1) is 15.1. The number of aromatic nitrogens is 3. The summed E-state index contributed by atoms with van der Waals surface area (Å²) in [6, 6.07) is 12.7. The van der Waals surface area contributed by atoms with Gasteiger partial charge in [0, 0.05) is 22.7 Å². The van der Waals surface area contributed by atoms with Crippen LogP contribution in [0.15, 0.2) is 58.6 Å². The van der Waals surface area contributed by atoms with Gasteiger partial charge < -0.3 is 10.1 Å². The molecule has 2 aromatic heterocycles. The molecule has 2 N–H and O–H groups in total. The molecular formula is C24H25N3O3S. The van der Waals surface area contributed by atoms with Crippen LogP contribution in [0.25, 0.3) is 21.8 Å². The number of Topliss-reactive ketones (excluding diaryl/α,β-unsaturated/α-hetero) is 1. The molecule has 0 aliphatic heterocycles. The molecule has 0 spiro atoms. The van der Waals surface area contributed by atoms with E-state index in [0.29, 0.717) is 28.0 Å². The Bertz CT molecular complexity index is 1300. The largest absolute Gasteiger partial charge is 0.394 e. The van der Waals surface area contributed by atoms with Gasteiger partial charge in [0.05, 0.1) is 29.3 Å². The lowest BCUT2D eigenvalue weighted by molar-refractivity contribution is 0.102. The summed E-state index contributed by atoms with van der Waals surface area (Å²) in [5.41, 5.74) is 3.20. The quantitative estimate of drug-likeness (QED) is 0.244. The van der Waals surface area contributed by atoms with Crippen molar-refractivity contribution in [3.8, 4) is 0 Å². The minimum Gasteiger partial charge on any atom is -0.394 e. The molecule has 0 radical (unpaired) electrons. The third kappa shape index (κ3) is 3.91. The molecule has 0 amide bonds. The predicted octanol–water partition coefficient (Wildman–Crippen LogP) is 4.36. The third-order valence-electron chi connectivity index (χ3n) is 5.64. The van der Waals surface area contributed by atoms with Gasteiger partial charge in [0.1, 0.15) is 0 Å². The molecule has 4 rings (SSSR count). The summed E-state index contributed by atoms with van der Waals surface area (Å²) < 4.78 is 1.53. The number of nitrogens with one attached hydrogen (secondary N) is 1. The highest BCUT2D eigenvalue weighted by Crippen LogP contribution is 2.26. The maximum Gasteiger partial charge on any atom is 0.262 e. The number of thioether (sulfide) groups is 1. The summed E-state index contributed by atoms with van der Waals surface area (Å²) in [6.45, 7) is 3.84. The Morgan fingerprint density at radius 2 is 1.94 bits per heavy atom. The number of aryl methyl sites for hydroxylation is 1. The molecular weight excluding hydrogens is 410 g/mol. The number of carbonyl (C=O) groups is 1. The minimum atomic E-state index is -0.387. The second-order valence-corrected chi connectivity index (χ2v) is 8.38. The van der Waals surface area contributed by atoms with Crippen LogP contribution >= 0.6 is 11.8 Å². The molecule has 0 saturated carbocycles. The number of nitrogens with zero attached hydrogens (tertiary/aromatic N) is 2. The average Bonchev–Trinajstić information content (AvgIpc) is 3.24. The molecule has 4 aromatic rings. The number of hydrogen-bond acceptors (Lipinski definition) is 5. The van der Waals surface area contributed by atoms with Gasteiger partial charge in [-0.15, -0.1) is 0 Å². The molecule has 0 fully saturated rings. The minimum absolute atomic E-state index is 0.0319. The van der Waals surface area contributed by atoms with Crippen molar-refractivity contribution in [2.24, 2.45) is 0 Å². The Kier molecular flexibility index (Phi) is 6.25. The van der Waals surface area contributed by atoms with Gasteiger partial charge in [0.15, 0.2) is 10.9 Å². The number of benzene rings is 2. The predicted molar refractivity (Wildman–Crippen MR) is 125 cm³/mol. The summed E-state index contributed by atoms with van der Waals surface area (Å²) in [6.07, 6.45) is 3.23. The van der Waals surface area contributed by atoms with Crippen molar-refractivity contribution in [1.29, 1.82) is 0 Å². The number of hydrogen-bond donors (Lipinski definition) is 2. The highest BCUT2D eigenvalue weighted by atomic mass is 32.2. The van der Waals surface area contributed by atoms with Crippen molar-refractivity contribution in [3.63, 3.8) is 0 Å². The zero-order valence-corrected chi connectivity index (χ0v) is 18.4. The van der Waals surface area contributed by atoms with Crippen LogP contribution in [-0.4, -0.2) is 37.8 Å². The van der Waals surface area contributed by atoms with Crippen LogP contribution in [0.2, 0.25) is 0 Å². The molecule has 31 heavy (non-hydrogen) atoms. The van der Waals surface area contributed by atoms with Gasteiger partial charge in [-0.25, -0.2) is 4.98 Å². The van der Waals surface area contributed by atoms with Gasteiger partial charge in [0.2, 0.25) is 0 Å². The Labute approximate surface area is 184 Å². The number of aromatic amines is 1. The van der Waals surface area contributed by atoms with Crippen molar-refractivity contribution in [2.75, 3.05) is 12.4 Å². The van der Waals surface area contributed by atoms with Gasteiger partial charge in [-0.2, -0.15) is 0 Å². The number of H-pyrrole nitrogens is 1. The Morgan fingerprint density at radius 1 is 1.16 bits per heavy atom. The fourth-order valence-corrected chi connectivity index (χ4v) is 4.84. The van der Waals surface area contributed by atoms with Gasteiger partial charge in [-0.3, -0.25) is 14.2 Å². The summed E-state index contributed by atoms with van der Waals surface area (Å²) in [5, 5.41) is 11.7. The van der Waals surface area contributed by atoms with Crippen LogP contribution in [0.4, 0.5) is 0 Å². The second kappa shape index (κ2) is 9.08. The maximum atomic E-state index is 13.1. The van der Waals surface area contributed by atoms with Crippen molar-refractivity contribution in [1.82, 2.24) is 14.5 Å². The third-order valence-corrected chi connectivity index (χ3v) is 6.59. The van der Waals surface area contributed by atoms with E-state index in [2.05, 4.69) is 23.0 Å². The first-order valence-electron chi connectivity index (χ1n) is 10.5. The molecule has 1 atom stereocenters. The van der Waals surface area contributed by atoms with E-state index in [1.54, 1.807) is 24.4 Å². The molecule has 6 nitrogen and oxygen atoms in total. The molecule has 160 valence electrons. The van der Waals surface area contributed by atoms with Crippen LogP contribution in [-0.2, 0) is 6.42 Å². The topological polar surface area (TPSA) is 88.0 Å². The number of rotatable bonds is 8. The average molecular weight is 436 g/mol. The molecule has 0 aliphatic carbocycles. The normalized spacial score (nSPS) is 12.5. The van der Waals surface area contributed by atoms with E-state index in [9.17, 15) is 14.7 Å². The number of aliphatic hydroxyl groups excluding tert-OH is 1. The van der Waals surface area contributed by atoms with E-state index < -0.39 is 0 Å². The fourth-order valence-electron chi connectivity index (χ4n) is 3.89. The number of ketones is 1. The van der Waals surface area contributed by atoms with E-state index in [-0.39, 0.29) is 29.7 Å². The first-order valence-corrected chi connectivity index (χ1v) is 11.4. The molecule has 0 aliphatic rings. The Balaban J connectivity index is 1.70. The number of aliphatic hydroxyl groups is 1. The van der Waals surface area contributed by atoms with E-state index in [0.717, 1.165) is 17.3 Å². The Hall–Kier alpha value is -2.90. The van der Waals surface area contributed by atoms with Gasteiger partial charge >= 0.3 is 0 Å². The fraction of sp³-hybridized carbons (Fsp3) is 0.292. The number of fused-ring (bicyclic) bond motifs is 2. The molecule has 2 aromatic carbocycles. The van der Waals surface area contributed by atoms with Gasteiger partial charge in [-0.1, -0.05) is 55.9 Å². The monoisotopic (exact) mass is 435 g/mol. The van der Waals surface area contributed by atoms with Crippen molar-refractivity contribution < 1.29 is 9.90 Å². The highest BCUT2D eigenvalue weighted by Gasteiger charge is 2.20. The summed E-state index contributed by atoms with van der Waals surface area (Å²) in [5.74, 6) is 0.117. The molecule has 2 heterocycles. The second-order valence-electron chi connectivity index (χ2n) is 7.44. The summed E-state index contributed by atoms with van der Waals surface area (Å²) >= 11 is 1.24. The van der Waals surface area contributed by atoms with Gasteiger partial charge in [0.25, 0.3) is 5.56 Å². The van der Waals surface area contributed by atoms with Crippen LogP contribution < -0.4 is 5.56 Å². The van der Waals surface area contributed by atoms with Crippen molar-refractivity contribution in [3.05, 3.63) is 70.1 Å². The Morgan fingerprint density at radius 3 is 2.68 bits per heavy atom. The van der Waals surface area contributed by atoms with E-state index >= 15 is 0 Å². The summed E-state index contributed by atoms with van der Waals surface area (Å²) in [4.78, 5) is 34.1. The smallest absolute Gasteiger partial charge is 0.262 e. The van der Waals surface area contributed by atoms with Crippen LogP contribution in [0, 0.1) is 0 Å². The van der Waals surface area contributed by atoms with Crippen LogP contribution in [0.5, 0.6) is 0 Å². The molecule has 7 heteroatoms. The van der Waals surface area contributed by atoms with Crippen LogP contribution in [0.3, 0.4) is 0 Å². The zero-order valence-electron chi connectivity index (χ0n) is 17.6. The van der Waals surface area contributed by atoms with E-state index in [1.807, 2.05) is 25.1 Å². The van der Waals surface area contributed by atoms with Crippen LogP contribution in [0.1, 0.15) is 42.2 Å².